The van der Waals surface area contributed by atoms with Crippen LogP contribution in [-0.4, -0.2) is 53.5 Å². The zero-order valence-electron chi connectivity index (χ0n) is 15.0. The SMILES string of the molecule is C=CCO[C@@H]1C[C@@H](C(=O)OC(C)(C)C)N(C(=O)OC(C)(C)C)C1. The van der Waals surface area contributed by atoms with Crippen LogP contribution in [0.5, 0.6) is 0 Å². The van der Waals surface area contributed by atoms with Crippen LogP contribution >= 0.6 is 0 Å². The van der Waals surface area contributed by atoms with Crippen LogP contribution < -0.4 is 0 Å². The van der Waals surface area contributed by atoms with Gasteiger partial charge in [-0.2, -0.15) is 0 Å². The molecule has 0 aliphatic carbocycles. The lowest BCUT2D eigenvalue weighted by molar-refractivity contribution is -0.160. The van der Waals surface area contributed by atoms with Crippen molar-refractivity contribution in [2.24, 2.45) is 0 Å². The fourth-order valence-electron chi connectivity index (χ4n) is 2.24. The van der Waals surface area contributed by atoms with Gasteiger partial charge in [0.15, 0.2) is 0 Å². The molecule has 1 aliphatic rings. The van der Waals surface area contributed by atoms with Crippen molar-refractivity contribution >= 4 is 12.1 Å². The number of likely N-dealkylation sites (tertiary alicyclic amines) is 1. The van der Waals surface area contributed by atoms with Gasteiger partial charge < -0.3 is 14.2 Å². The third kappa shape index (κ3) is 6.60. The average Bonchev–Trinajstić information content (AvgIpc) is 2.76. The fourth-order valence-corrected chi connectivity index (χ4v) is 2.24. The van der Waals surface area contributed by atoms with E-state index in [1.807, 2.05) is 0 Å². The van der Waals surface area contributed by atoms with E-state index in [-0.39, 0.29) is 6.10 Å². The Kier molecular flexibility index (Phi) is 6.22. The Morgan fingerprint density at radius 3 is 2.17 bits per heavy atom. The first-order valence-corrected chi connectivity index (χ1v) is 7.88. The molecule has 6 nitrogen and oxygen atoms in total. The largest absolute Gasteiger partial charge is 0.458 e. The Balaban J connectivity index is 2.85. The molecule has 0 unspecified atom stereocenters. The first-order valence-electron chi connectivity index (χ1n) is 7.88. The maximum absolute atomic E-state index is 12.4. The van der Waals surface area contributed by atoms with E-state index in [9.17, 15) is 9.59 Å². The molecule has 0 saturated carbocycles. The minimum Gasteiger partial charge on any atom is -0.458 e. The standard InChI is InChI=1S/C17H29NO5/c1-8-9-21-12-10-13(14(19)22-16(2,3)4)18(11-12)15(20)23-17(5,6)7/h8,12-13H,1,9-11H2,2-7H3/t12-,13+/m1/s1. The summed E-state index contributed by atoms with van der Waals surface area (Å²) < 4.78 is 16.4. The summed E-state index contributed by atoms with van der Waals surface area (Å²) in [6, 6.07) is -0.695. The summed E-state index contributed by atoms with van der Waals surface area (Å²) in [4.78, 5) is 26.2. The van der Waals surface area contributed by atoms with Gasteiger partial charge >= 0.3 is 12.1 Å². The summed E-state index contributed by atoms with van der Waals surface area (Å²) >= 11 is 0. The van der Waals surface area contributed by atoms with Gasteiger partial charge in [0.2, 0.25) is 0 Å². The Hall–Kier alpha value is -1.56. The van der Waals surface area contributed by atoms with Crippen molar-refractivity contribution in [3.8, 4) is 0 Å². The molecule has 1 fully saturated rings. The summed E-state index contributed by atoms with van der Waals surface area (Å²) in [5.74, 6) is -0.437. The molecule has 6 heteroatoms. The minimum absolute atomic E-state index is 0.238. The molecular weight excluding hydrogens is 298 g/mol. The molecule has 1 aliphatic heterocycles. The topological polar surface area (TPSA) is 65.1 Å². The molecule has 1 rings (SSSR count). The number of carbonyl (C=O) groups is 2. The highest BCUT2D eigenvalue weighted by Gasteiger charge is 2.43. The highest BCUT2D eigenvalue weighted by Crippen LogP contribution is 2.25. The summed E-state index contributed by atoms with van der Waals surface area (Å²) in [7, 11) is 0. The van der Waals surface area contributed by atoms with Crippen LogP contribution in [0.2, 0.25) is 0 Å². The van der Waals surface area contributed by atoms with Crippen LogP contribution in [-0.2, 0) is 19.0 Å². The van der Waals surface area contributed by atoms with Crippen molar-refractivity contribution in [1.82, 2.24) is 4.90 Å². The number of esters is 1. The fraction of sp³-hybridized carbons (Fsp3) is 0.765. The molecule has 0 spiro atoms. The van der Waals surface area contributed by atoms with Gasteiger partial charge in [0.05, 0.1) is 19.3 Å². The quantitative estimate of drug-likeness (QED) is 0.587. The van der Waals surface area contributed by atoms with Gasteiger partial charge in [-0.05, 0) is 41.5 Å². The first kappa shape index (κ1) is 19.5. The van der Waals surface area contributed by atoms with E-state index in [2.05, 4.69) is 6.58 Å². The lowest BCUT2D eigenvalue weighted by Crippen LogP contribution is -2.45. The maximum Gasteiger partial charge on any atom is 0.411 e. The predicted octanol–water partition coefficient (Wildman–Crippen LogP) is 2.91. The van der Waals surface area contributed by atoms with E-state index in [1.54, 1.807) is 47.6 Å². The summed E-state index contributed by atoms with van der Waals surface area (Å²) in [6.45, 7) is 15.0. The highest BCUT2D eigenvalue weighted by atomic mass is 16.6. The van der Waals surface area contributed by atoms with Crippen molar-refractivity contribution in [2.75, 3.05) is 13.2 Å². The molecule has 1 amide bonds. The van der Waals surface area contributed by atoms with Gasteiger partial charge in [-0.15, -0.1) is 6.58 Å². The van der Waals surface area contributed by atoms with E-state index >= 15 is 0 Å². The monoisotopic (exact) mass is 327 g/mol. The molecule has 0 aromatic rings. The molecule has 132 valence electrons. The lowest BCUT2D eigenvalue weighted by atomic mass is 10.1. The molecule has 0 aromatic heterocycles. The molecule has 1 saturated heterocycles. The second-order valence-electron chi connectivity index (χ2n) is 7.66. The van der Waals surface area contributed by atoms with Crippen molar-refractivity contribution in [2.45, 2.75) is 71.3 Å². The van der Waals surface area contributed by atoms with Crippen LogP contribution in [0, 0.1) is 0 Å². The van der Waals surface area contributed by atoms with E-state index in [1.165, 1.54) is 4.90 Å². The number of amides is 1. The number of hydrogen-bond donors (Lipinski definition) is 0. The predicted molar refractivity (Wildman–Crippen MR) is 87.1 cm³/mol. The Bertz CT molecular complexity index is 411. The second-order valence-corrected chi connectivity index (χ2v) is 7.66. The number of nitrogens with zero attached hydrogens (tertiary/aromatic N) is 1. The van der Waals surface area contributed by atoms with Gasteiger partial charge in [-0.1, -0.05) is 6.08 Å². The summed E-state index contributed by atoms with van der Waals surface area (Å²) in [6.07, 6.45) is 1.26. The number of carbonyl (C=O) groups excluding carboxylic acids is 2. The molecule has 0 radical (unpaired) electrons. The van der Waals surface area contributed by atoms with Gasteiger partial charge in [-0.3, -0.25) is 4.90 Å². The second kappa shape index (κ2) is 7.34. The molecule has 0 bridgehead atoms. The Morgan fingerprint density at radius 2 is 1.70 bits per heavy atom. The number of hydrogen-bond acceptors (Lipinski definition) is 5. The lowest BCUT2D eigenvalue weighted by Gasteiger charge is -2.29. The molecule has 2 atom stereocenters. The average molecular weight is 327 g/mol. The van der Waals surface area contributed by atoms with Crippen LogP contribution in [0.4, 0.5) is 4.79 Å². The molecule has 1 heterocycles. The normalized spacial score (nSPS) is 21.9. The summed E-state index contributed by atoms with van der Waals surface area (Å²) in [5, 5.41) is 0. The van der Waals surface area contributed by atoms with Crippen LogP contribution in [0.1, 0.15) is 48.0 Å². The number of rotatable bonds is 4. The van der Waals surface area contributed by atoms with Crippen molar-refractivity contribution in [1.29, 1.82) is 0 Å². The van der Waals surface area contributed by atoms with Crippen LogP contribution in [0.3, 0.4) is 0 Å². The maximum atomic E-state index is 12.4. The summed E-state index contributed by atoms with van der Waals surface area (Å²) in [5.41, 5.74) is -1.24. The molecule has 0 aromatic carbocycles. The highest BCUT2D eigenvalue weighted by molar-refractivity contribution is 5.82. The van der Waals surface area contributed by atoms with Gasteiger partial charge in [0.25, 0.3) is 0 Å². The van der Waals surface area contributed by atoms with E-state index in [0.29, 0.717) is 19.6 Å². The van der Waals surface area contributed by atoms with E-state index < -0.39 is 29.3 Å². The Labute approximate surface area is 138 Å². The zero-order valence-corrected chi connectivity index (χ0v) is 15.0. The smallest absolute Gasteiger partial charge is 0.411 e. The minimum atomic E-state index is -0.695. The van der Waals surface area contributed by atoms with Gasteiger partial charge in [-0.25, -0.2) is 9.59 Å². The van der Waals surface area contributed by atoms with Gasteiger partial charge in [0, 0.05) is 6.42 Å². The molecule has 0 N–H and O–H groups in total. The molecule has 23 heavy (non-hydrogen) atoms. The van der Waals surface area contributed by atoms with Crippen LogP contribution in [0.15, 0.2) is 12.7 Å². The van der Waals surface area contributed by atoms with E-state index in [0.717, 1.165) is 0 Å². The van der Waals surface area contributed by atoms with E-state index in [4.69, 9.17) is 14.2 Å². The third-order valence-corrected chi connectivity index (χ3v) is 3.02. The number of ether oxygens (including phenoxy) is 3. The van der Waals surface area contributed by atoms with Crippen molar-refractivity contribution in [3.05, 3.63) is 12.7 Å². The van der Waals surface area contributed by atoms with Crippen molar-refractivity contribution < 1.29 is 23.8 Å². The Morgan fingerprint density at radius 1 is 1.13 bits per heavy atom. The third-order valence-electron chi connectivity index (χ3n) is 3.02. The molecular formula is C17H29NO5. The first-order chi connectivity index (χ1) is 10.4. The van der Waals surface area contributed by atoms with Gasteiger partial charge in [0.1, 0.15) is 17.2 Å². The zero-order chi connectivity index (χ0) is 17.8. The van der Waals surface area contributed by atoms with Crippen LogP contribution in [0.25, 0.3) is 0 Å². The van der Waals surface area contributed by atoms with Crippen molar-refractivity contribution in [3.63, 3.8) is 0 Å².